The van der Waals surface area contributed by atoms with Crippen LogP contribution in [0.5, 0.6) is 0 Å². The Morgan fingerprint density at radius 3 is 2.47 bits per heavy atom. The van der Waals surface area contributed by atoms with Gasteiger partial charge in [0.05, 0.1) is 6.10 Å². The summed E-state index contributed by atoms with van der Waals surface area (Å²) in [4.78, 5) is 9.02. The SMILES string of the molecule is CNc1cc(CC(C)C)nc(CC(C)OC)n1. The first kappa shape index (κ1) is 13.9. The predicted molar refractivity (Wildman–Crippen MR) is 70.3 cm³/mol. The number of rotatable bonds is 6. The zero-order valence-corrected chi connectivity index (χ0v) is 11.4. The van der Waals surface area contributed by atoms with Gasteiger partial charge in [-0.3, -0.25) is 0 Å². The minimum atomic E-state index is 0.147. The second-order valence-corrected chi connectivity index (χ2v) is 4.76. The highest BCUT2D eigenvalue weighted by Crippen LogP contribution is 2.12. The Morgan fingerprint density at radius 2 is 1.94 bits per heavy atom. The minimum absolute atomic E-state index is 0.147. The van der Waals surface area contributed by atoms with Crippen molar-refractivity contribution in [3.63, 3.8) is 0 Å². The Hall–Kier alpha value is -1.16. The van der Waals surface area contributed by atoms with Crippen molar-refractivity contribution in [3.8, 4) is 0 Å². The van der Waals surface area contributed by atoms with Gasteiger partial charge in [0.15, 0.2) is 0 Å². The molecule has 4 nitrogen and oxygen atoms in total. The van der Waals surface area contributed by atoms with Gasteiger partial charge in [0.25, 0.3) is 0 Å². The predicted octanol–water partition coefficient (Wildman–Crippen LogP) is 2.29. The Morgan fingerprint density at radius 1 is 1.24 bits per heavy atom. The van der Waals surface area contributed by atoms with Crippen LogP contribution in [0.2, 0.25) is 0 Å². The van der Waals surface area contributed by atoms with E-state index in [1.54, 1.807) is 7.11 Å². The molecule has 0 spiro atoms. The molecule has 0 radical (unpaired) electrons. The van der Waals surface area contributed by atoms with Gasteiger partial charge in [-0.25, -0.2) is 9.97 Å². The normalized spacial score (nSPS) is 12.8. The molecule has 1 atom stereocenters. The van der Waals surface area contributed by atoms with Crippen molar-refractivity contribution in [2.45, 2.75) is 39.7 Å². The van der Waals surface area contributed by atoms with E-state index < -0.39 is 0 Å². The molecule has 1 heterocycles. The molecule has 0 aromatic carbocycles. The van der Waals surface area contributed by atoms with Crippen LogP contribution in [-0.4, -0.2) is 30.2 Å². The standard InChI is InChI=1S/C13H23N3O/c1-9(2)6-11-8-12(14-4)16-13(15-11)7-10(3)17-5/h8-10H,6-7H2,1-5H3,(H,14,15,16). The molecule has 1 aromatic rings. The minimum Gasteiger partial charge on any atom is -0.381 e. The fraction of sp³-hybridized carbons (Fsp3) is 0.692. The summed E-state index contributed by atoms with van der Waals surface area (Å²) in [6, 6.07) is 2.01. The van der Waals surface area contributed by atoms with Gasteiger partial charge in [-0.05, 0) is 19.3 Å². The van der Waals surface area contributed by atoms with Gasteiger partial charge in [-0.2, -0.15) is 0 Å². The van der Waals surface area contributed by atoms with Crippen LogP contribution in [0.3, 0.4) is 0 Å². The van der Waals surface area contributed by atoms with Crippen LogP contribution in [0, 0.1) is 5.92 Å². The monoisotopic (exact) mass is 237 g/mol. The molecule has 0 fully saturated rings. The van der Waals surface area contributed by atoms with Crippen LogP contribution in [-0.2, 0) is 17.6 Å². The second-order valence-electron chi connectivity index (χ2n) is 4.76. The molecule has 0 aliphatic heterocycles. The van der Waals surface area contributed by atoms with Crippen LogP contribution in [0.1, 0.15) is 32.3 Å². The van der Waals surface area contributed by atoms with E-state index in [0.717, 1.165) is 30.2 Å². The van der Waals surface area contributed by atoms with Crippen molar-refractivity contribution in [2.24, 2.45) is 5.92 Å². The summed E-state index contributed by atoms with van der Waals surface area (Å²) in [5.74, 6) is 2.33. The number of hydrogen-bond donors (Lipinski definition) is 1. The summed E-state index contributed by atoms with van der Waals surface area (Å²) in [6.45, 7) is 6.41. The highest BCUT2D eigenvalue weighted by Gasteiger charge is 2.09. The van der Waals surface area contributed by atoms with Crippen LogP contribution < -0.4 is 5.32 Å². The lowest BCUT2D eigenvalue weighted by molar-refractivity contribution is 0.117. The van der Waals surface area contributed by atoms with Gasteiger partial charge < -0.3 is 10.1 Å². The van der Waals surface area contributed by atoms with Crippen molar-refractivity contribution < 1.29 is 4.74 Å². The number of nitrogens with zero attached hydrogens (tertiary/aromatic N) is 2. The van der Waals surface area contributed by atoms with Gasteiger partial charge in [-0.15, -0.1) is 0 Å². The number of anilines is 1. The van der Waals surface area contributed by atoms with Crippen molar-refractivity contribution >= 4 is 5.82 Å². The van der Waals surface area contributed by atoms with E-state index >= 15 is 0 Å². The number of methoxy groups -OCH3 is 1. The number of hydrogen-bond acceptors (Lipinski definition) is 4. The van der Waals surface area contributed by atoms with E-state index in [4.69, 9.17) is 4.74 Å². The molecule has 0 bridgehead atoms. The van der Waals surface area contributed by atoms with Crippen molar-refractivity contribution in [2.75, 3.05) is 19.5 Å². The van der Waals surface area contributed by atoms with Crippen molar-refractivity contribution in [1.29, 1.82) is 0 Å². The Bertz CT molecular complexity index is 353. The maximum absolute atomic E-state index is 5.25. The maximum atomic E-state index is 5.25. The van der Waals surface area contributed by atoms with Crippen molar-refractivity contribution in [1.82, 2.24) is 9.97 Å². The van der Waals surface area contributed by atoms with E-state index in [1.807, 2.05) is 20.0 Å². The molecular weight excluding hydrogens is 214 g/mol. The topological polar surface area (TPSA) is 47.0 Å². The molecule has 1 rings (SSSR count). The van der Waals surface area contributed by atoms with Crippen LogP contribution >= 0.6 is 0 Å². The smallest absolute Gasteiger partial charge is 0.133 e. The third-order valence-electron chi connectivity index (χ3n) is 2.57. The molecule has 17 heavy (non-hydrogen) atoms. The molecule has 0 saturated heterocycles. The van der Waals surface area contributed by atoms with Gasteiger partial charge in [0.2, 0.25) is 0 Å². The maximum Gasteiger partial charge on any atom is 0.133 e. The van der Waals surface area contributed by atoms with Crippen molar-refractivity contribution in [3.05, 3.63) is 17.6 Å². The zero-order valence-electron chi connectivity index (χ0n) is 11.4. The molecule has 96 valence electrons. The fourth-order valence-electron chi connectivity index (χ4n) is 1.63. The number of nitrogens with one attached hydrogen (secondary N) is 1. The molecule has 1 N–H and O–H groups in total. The van der Waals surface area contributed by atoms with Gasteiger partial charge in [-0.1, -0.05) is 13.8 Å². The third kappa shape index (κ3) is 4.69. The summed E-state index contributed by atoms with van der Waals surface area (Å²) < 4.78 is 5.25. The Balaban J connectivity index is 2.88. The summed E-state index contributed by atoms with van der Waals surface area (Å²) >= 11 is 0. The molecule has 4 heteroatoms. The van der Waals surface area contributed by atoms with E-state index in [9.17, 15) is 0 Å². The van der Waals surface area contributed by atoms with E-state index in [1.165, 1.54) is 0 Å². The average molecular weight is 237 g/mol. The average Bonchev–Trinajstić information content (AvgIpc) is 2.27. The molecule has 1 aromatic heterocycles. The van der Waals surface area contributed by atoms with Crippen LogP contribution in [0.15, 0.2) is 6.07 Å². The van der Waals surface area contributed by atoms with E-state index in [0.29, 0.717) is 5.92 Å². The Kier molecular flexibility index (Phi) is 5.35. The first-order valence-electron chi connectivity index (χ1n) is 6.12. The summed E-state index contributed by atoms with van der Waals surface area (Å²) in [7, 11) is 3.59. The van der Waals surface area contributed by atoms with Gasteiger partial charge in [0, 0.05) is 32.3 Å². The quantitative estimate of drug-likeness (QED) is 0.824. The number of ether oxygens (including phenoxy) is 1. The molecular formula is C13H23N3O. The molecule has 0 aliphatic carbocycles. The lowest BCUT2D eigenvalue weighted by atomic mass is 10.1. The zero-order chi connectivity index (χ0) is 12.8. The third-order valence-corrected chi connectivity index (χ3v) is 2.57. The molecule has 0 amide bonds. The van der Waals surface area contributed by atoms with Gasteiger partial charge >= 0.3 is 0 Å². The Labute approximate surface area is 104 Å². The first-order chi connectivity index (χ1) is 8.05. The van der Waals surface area contributed by atoms with Crippen LogP contribution in [0.25, 0.3) is 0 Å². The number of aromatic nitrogens is 2. The summed E-state index contributed by atoms with van der Waals surface area (Å²) in [5, 5.41) is 3.08. The fourth-order valence-corrected chi connectivity index (χ4v) is 1.63. The first-order valence-corrected chi connectivity index (χ1v) is 6.12. The summed E-state index contributed by atoms with van der Waals surface area (Å²) in [5.41, 5.74) is 1.10. The van der Waals surface area contributed by atoms with Gasteiger partial charge in [0.1, 0.15) is 11.6 Å². The van der Waals surface area contributed by atoms with E-state index in [2.05, 4.69) is 29.1 Å². The van der Waals surface area contributed by atoms with E-state index in [-0.39, 0.29) is 6.10 Å². The molecule has 1 unspecified atom stereocenters. The molecule has 0 saturated carbocycles. The highest BCUT2D eigenvalue weighted by molar-refractivity contribution is 5.35. The largest absolute Gasteiger partial charge is 0.381 e. The lowest BCUT2D eigenvalue weighted by Gasteiger charge is -2.12. The lowest BCUT2D eigenvalue weighted by Crippen LogP contribution is -2.13. The molecule has 0 aliphatic rings. The van der Waals surface area contributed by atoms with Crippen LogP contribution in [0.4, 0.5) is 5.82 Å². The highest BCUT2D eigenvalue weighted by atomic mass is 16.5. The summed E-state index contributed by atoms with van der Waals surface area (Å²) in [6.07, 6.45) is 1.87. The second kappa shape index (κ2) is 6.55.